The number of amides is 1. The number of anilines is 1. The highest BCUT2D eigenvalue weighted by molar-refractivity contribution is 7.89. The third-order valence-electron chi connectivity index (χ3n) is 4.78. The van der Waals surface area contributed by atoms with Crippen LogP contribution in [0.2, 0.25) is 0 Å². The van der Waals surface area contributed by atoms with Crippen LogP contribution in [0.4, 0.5) is 10.1 Å². The van der Waals surface area contributed by atoms with Crippen LogP contribution in [-0.2, 0) is 10.0 Å². The van der Waals surface area contributed by atoms with Gasteiger partial charge in [-0.05, 0) is 61.4 Å². The molecule has 6 nitrogen and oxygen atoms in total. The summed E-state index contributed by atoms with van der Waals surface area (Å²) in [4.78, 5) is 12.6. The summed E-state index contributed by atoms with van der Waals surface area (Å²) in [5.41, 5.74) is 0.697. The second kappa shape index (κ2) is 7.81. The Morgan fingerprint density at radius 1 is 0.966 bits per heavy atom. The molecule has 1 saturated heterocycles. The number of hydrogen-bond donors (Lipinski definition) is 1. The van der Waals surface area contributed by atoms with Gasteiger partial charge in [-0.1, -0.05) is 12.1 Å². The van der Waals surface area contributed by atoms with E-state index in [1.807, 2.05) is 0 Å². The van der Waals surface area contributed by atoms with Crippen LogP contribution in [0.5, 0.6) is 0 Å². The second-order valence-electron chi connectivity index (χ2n) is 6.73. The molecule has 1 aliphatic rings. The van der Waals surface area contributed by atoms with Crippen LogP contribution in [0, 0.1) is 5.82 Å². The van der Waals surface area contributed by atoms with Gasteiger partial charge in [-0.2, -0.15) is 4.31 Å². The van der Waals surface area contributed by atoms with Crippen molar-refractivity contribution in [1.82, 2.24) is 4.31 Å². The molecule has 3 aromatic rings. The van der Waals surface area contributed by atoms with Crippen molar-refractivity contribution < 1.29 is 22.0 Å². The lowest BCUT2D eigenvalue weighted by molar-refractivity contribution is 0.0997. The number of nitrogens with zero attached hydrogens (tertiary/aromatic N) is 1. The molecule has 0 spiro atoms. The highest BCUT2D eigenvalue weighted by Crippen LogP contribution is 2.26. The molecule has 1 aromatic heterocycles. The molecule has 0 aliphatic carbocycles. The fourth-order valence-corrected chi connectivity index (χ4v) is 4.76. The summed E-state index contributed by atoms with van der Waals surface area (Å²) in [7, 11) is -3.50. The van der Waals surface area contributed by atoms with Crippen molar-refractivity contribution in [3.05, 3.63) is 72.2 Å². The van der Waals surface area contributed by atoms with E-state index < -0.39 is 21.7 Å². The summed E-state index contributed by atoms with van der Waals surface area (Å²) in [6.07, 6.45) is 1.73. The standard InChI is InChI=1S/C21H19FN2O4S/c22-18-6-2-1-5-17(18)19-11-12-20(28-19)21(25)23-15-7-9-16(10-8-15)29(26,27)24-13-3-4-14-24/h1-2,5-12H,3-4,13-14H2,(H,23,25). The maximum atomic E-state index is 13.9. The van der Waals surface area contributed by atoms with Gasteiger partial charge >= 0.3 is 0 Å². The Hall–Kier alpha value is -2.97. The third-order valence-corrected chi connectivity index (χ3v) is 6.70. The van der Waals surface area contributed by atoms with Gasteiger partial charge in [0.1, 0.15) is 11.6 Å². The predicted molar refractivity (Wildman–Crippen MR) is 106 cm³/mol. The van der Waals surface area contributed by atoms with Crippen molar-refractivity contribution in [2.75, 3.05) is 18.4 Å². The molecule has 0 radical (unpaired) electrons. The van der Waals surface area contributed by atoms with E-state index in [1.54, 1.807) is 18.2 Å². The second-order valence-corrected chi connectivity index (χ2v) is 8.67. The van der Waals surface area contributed by atoms with Gasteiger partial charge in [-0.3, -0.25) is 4.79 Å². The molecule has 2 heterocycles. The molecule has 1 aliphatic heterocycles. The largest absolute Gasteiger partial charge is 0.451 e. The lowest BCUT2D eigenvalue weighted by Gasteiger charge is -2.15. The van der Waals surface area contributed by atoms with Crippen molar-refractivity contribution >= 4 is 21.6 Å². The van der Waals surface area contributed by atoms with E-state index in [2.05, 4.69) is 5.32 Å². The van der Waals surface area contributed by atoms with Gasteiger partial charge < -0.3 is 9.73 Å². The average Bonchev–Trinajstić information content (AvgIpc) is 3.41. The number of sulfonamides is 1. The van der Waals surface area contributed by atoms with Crippen molar-refractivity contribution in [1.29, 1.82) is 0 Å². The molecule has 0 atom stereocenters. The van der Waals surface area contributed by atoms with Gasteiger partial charge in [0.15, 0.2) is 5.76 Å². The molecule has 1 amide bonds. The minimum absolute atomic E-state index is 0.0250. The molecule has 4 rings (SSSR count). The van der Waals surface area contributed by atoms with Gasteiger partial charge in [0.2, 0.25) is 10.0 Å². The van der Waals surface area contributed by atoms with E-state index in [4.69, 9.17) is 4.42 Å². The maximum absolute atomic E-state index is 13.9. The average molecular weight is 414 g/mol. The molecular weight excluding hydrogens is 395 g/mol. The Morgan fingerprint density at radius 3 is 2.34 bits per heavy atom. The Labute approximate surface area is 168 Å². The summed E-state index contributed by atoms with van der Waals surface area (Å²) < 4.78 is 45.9. The molecule has 0 saturated carbocycles. The zero-order valence-corrected chi connectivity index (χ0v) is 16.3. The number of rotatable bonds is 5. The van der Waals surface area contributed by atoms with E-state index in [-0.39, 0.29) is 22.0 Å². The number of carbonyl (C=O) groups is 1. The van der Waals surface area contributed by atoms with Crippen LogP contribution in [0.3, 0.4) is 0 Å². The van der Waals surface area contributed by atoms with Crippen molar-refractivity contribution in [2.24, 2.45) is 0 Å². The van der Waals surface area contributed by atoms with Crippen molar-refractivity contribution in [3.8, 4) is 11.3 Å². The summed E-state index contributed by atoms with van der Waals surface area (Å²) in [6.45, 7) is 1.06. The molecule has 1 N–H and O–H groups in total. The molecule has 8 heteroatoms. The van der Waals surface area contributed by atoms with Crippen LogP contribution in [0.1, 0.15) is 23.4 Å². The zero-order chi connectivity index (χ0) is 20.4. The Morgan fingerprint density at radius 2 is 1.66 bits per heavy atom. The SMILES string of the molecule is O=C(Nc1ccc(S(=O)(=O)N2CCCC2)cc1)c1ccc(-c2ccccc2F)o1. The van der Waals surface area contributed by atoms with E-state index in [0.29, 0.717) is 18.8 Å². The summed E-state index contributed by atoms with van der Waals surface area (Å²) in [5, 5.41) is 2.65. The minimum atomic E-state index is -3.50. The molecule has 29 heavy (non-hydrogen) atoms. The smallest absolute Gasteiger partial charge is 0.291 e. The Kier molecular flexibility index (Phi) is 5.21. The minimum Gasteiger partial charge on any atom is -0.451 e. The summed E-state index contributed by atoms with van der Waals surface area (Å²) in [5.74, 6) is -0.677. The number of hydrogen-bond acceptors (Lipinski definition) is 4. The fourth-order valence-electron chi connectivity index (χ4n) is 3.25. The number of nitrogens with one attached hydrogen (secondary N) is 1. The first-order chi connectivity index (χ1) is 13.9. The normalized spacial score (nSPS) is 14.8. The number of halogens is 1. The molecule has 0 unspecified atom stereocenters. The van der Waals surface area contributed by atoms with Gasteiger partial charge in [0, 0.05) is 18.8 Å². The van der Waals surface area contributed by atoms with Crippen LogP contribution in [0.25, 0.3) is 11.3 Å². The lowest BCUT2D eigenvalue weighted by Crippen LogP contribution is -2.27. The molecule has 2 aromatic carbocycles. The van der Waals surface area contributed by atoms with Gasteiger partial charge in [0.05, 0.1) is 10.5 Å². The van der Waals surface area contributed by atoms with E-state index in [9.17, 15) is 17.6 Å². The quantitative estimate of drug-likeness (QED) is 0.681. The monoisotopic (exact) mass is 414 g/mol. The first kappa shape index (κ1) is 19.4. The number of carbonyl (C=O) groups excluding carboxylic acids is 1. The maximum Gasteiger partial charge on any atom is 0.291 e. The van der Waals surface area contributed by atoms with E-state index in [1.165, 1.54) is 46.8 Å². The van der Waals surface area contributed by atoms with Crippen LogP contribution >= 0.6 is 0 Å². The Bertz CT molecular complexity index is 1130. The molecule has 150 valence electrons. The third kappa shape index (κ3) is 3.94. The first-order valence-corrected chi connectivity index (χ1v) is 10.7. The van der Waals surface area contributed by atoms with Crippen LogP contribution < -0.4 is 5.32 Å². The van der Waals surface area contributed by atoms with Crippen LogP contribution in [0.15, 0.2) is 70.0 Å². The number of benzene rings is 2. The fraction of sp³-hybridized carbons (Fsp3) is 0.190. The van der Waals surface area contributed by atoms with E-state index >= 15 is 0 Å². The molecular formula is C21H19FN2O4S. The summed E-state index contributed by atoms with van der Waals surface area (Å²) in [6, 6.07) is 15.1. The van der Waals surface area contributed by atoms with Gasteiger partial charge in [-0.25, -0.2) is 12.8 Å². The van der Waals surface area contributed by atoms with Gasteiger partial charge in [0.25, 0.3) is 5.91 Å². The summed E-state index contributed by atoms with van der Waals surface area (Å²) >= 11 is 0. The highest BCUT2D eigenvalue weighted by Gasteiger charge is 2.27. The van der Waals surface area contributed by atoms with Crippen LogP contribution in [-0.4, -0.2) is 31.7 Å². The number of furan rings is 1. The zero-order valence-electron chi connectivity index (χ0n) is 15.5. The first-order valence-electron chi connectivity index (χ1n) is 9.21. The molecule has 0 bridgehead atoms. The van der Waals surface area contributed by atoms with Crippen molar-refractivity contribution in [2.45, 2.75) is 17.7 Å². The van der Waals surface area contributed by atoms with Crippen molar-refractivity contribution in [3.63, 3.8) is 0 Å². The van der Waals surface area contributed by atoms with E-state index in [0.717, 1.165) is 12.8 Å². The highest BCUT2D eigenvalue weighted by atomic mass is 32.2. The Balaban J connectivity index is 1.47. The molecule has 1 fully saturated rings. The topological polar surface area (TPSA) is 79.6 Å². The lowest BCUT2D eigenvalue weighted by atomic mass is 10.1. The predicted octanol–water partition coefficient (Wildman–Crippen LogP) is 4.12. The van der Waals surface area contributed by atoms with Gasteiger partial charge in [-0.15, -0.1) is 0 Å².